The number of carbonyl (C=O) groups is 4. The highest BCUT2D eigenvalue weighted by Gasteiger charge is 2.25. The van der Waals surface area contributed by atoms with E-state index in [-0.39, 0.29) is 19.6 Å². The van der Waals surface area contributed by atoms with Gasteiger partial charge in [-0.15, -0.1) is 0 Å². The molecule has 0 spiro atoms. The molecule has 0 aliphatic rings. The first-order valence-electron chi connectivity index (χ1n) is 6.43. The molecule has 0 aromatic rings. The van der Waals surface area contributed by atoms with Crippen LogP contribution in [0.3, 0.4) is 0 Å². The maximum atomic E-state index is 11.4. The van der Waals surface area contributed by atoms with Crippen molar-refractivity contribution < 1.29 is 33.4 Å². The Hall–Kier alpha value is -2.18. The van der Waals surface area contributed by atoms with Crippen LogP contribution in [-0.2, 0) is 33.4 Å². The van der Waals surface area contributed by atoms with Crippen molar-refractivity contribution >= 4 is 23.9 Å². The van der Waals surface area contributed by atoms with Crippen molar-refractivity contribution in [2.24, 2.45) is 5.41 Å². The monoisotopic (exact) mass is 300 g/mol. The Morgan fingerprint density at radius 1 is 0.952 bits per heavy atom. The number of esters is 4. The minimum absolute atomic E-state index is 0.200. The van der Waals surface area contributed by atoms with Crippen molar-refractivity contribution in [1.82, 2.24) is 0 Å². The molecule has 0 fully saturated rings. The summed E-state index contributed by atoms with van der Waals surface area (Å²) in [6.07, 6.45) is 1.57. The number of rotatable bonds is 6. The number of hydrogen-bond acceptors (Lipinski definition) is 7. The molecule has 7 nitrogen and oxygen atoms in total. The van der Waals surface area contributed by atoms with E-state index in [4.69, 9.17) is 0 Å². The molecule has 7 heteroatoms. The van der Waals surface area contributed by atoms with Crippen LogP contribution in [0.4, 0.5) is 0 Å². The van der Waals surface area contributed by atoms with E-state index in [1.54, 1.807) is 27.7 Å². The summed E-state index contributed by atoms with van der Waals surface area (Å²) in [6, 6.07) is 0. The van der Waals surface area contributed by atoms with Crippen LogP contribution >= 0.6 is 0 Å². The summed E-state index contributed by atoms with van der Waals surface area (Å²) in [5.41, 5.74) is -0.783. The van der Waals surface area contributed by atoms with Crippen LogP contribution in [-0.4, -0.2) is 37.1 Å². The quantitative estimate of drug-likeness (QED) is 0.314. The molecular weight excluding hydrogens is 280 g/mol. The summed E-state index contributed by atoms with van der Waals surface area (Å²) in [6.45, 7) is 6.43. The van der Waals surface area contributed by atoms with Gasteiger partial charge in [-0.05, 0) is 27.7 Å². The number of carbonyl (C=O) groups excluding carboxylic acids is 4. The van der Waals surface area contributed by atoms with Crippen LogP contribution in [0, 0.1) is 5.41 Å². The molecule has 0 heterocycles. The lowest BCUT2D eigenvalue weighted by atomic mass is 9.97. The summed E-state index contributed by atoms with van der Waals surface area (Å²) in [4.78, 5) is 44.8. The zero-order valence-corrected chi connectivity index (χ0v) is 12.6. The molecule has 118 valence electrons. The van der Waals surface area contributed by atoms with Crippen LogP contribution in [0.15, 0.2) is 12.2 Å². The van der Waals surface area contributed by atoms with Crippen LogP contribution in [0.2, 0.25) is 0 Å². The van der Waals surface area contributed by atoms with Crippen molar-refractivity contribution in [3.8, 4) is 0 Å². The van der Waals surface area contributed by atoms with Gasteiger partial charge < -0.3 is 14.2 Å². The van der Waals surface area contributed by atoms with Gasteiger partial charge in [0, 0.05) is 12.2 Å². The maximum absolute atomic E-state index is 11.4. The Labute approximate surface area is 123 Å². The van der Waals surface area contributed by atoms with Gasteiger partial charge in [-0.2, -0.15) is 0 Å². The molecule has 0 aliphatic heterocycles. The highest BCUT2D eigenvalue weighted by molar-refractivity contribution is 5.92. The van der Waals surface area contributed by atoms with E-state index in [2.05, 4.69) is 14.2 Å². The van der Waals surface area contributed by atoms with E-state index in [0.717, 1.165) is 12.2 Å². The topological polar surface area (TPSA) is 96.0 Å². The minimum atomic E-state index is -0.794. The van der Waals surface area contributed by atoms with Gasteiger partial charge >= 0.3 is 23.9 Å². The lowest BCUT2D eigenvalue weighted by Gasteiger charge is -2.15. The number of hydrogen-bond donors (Lipinski definition) is 0. The van der Waals surface area contributed by atoms with Crippen LogP contribution in [0.5, 0.6) is 0 Å². The fourth-order valence-electron chi connectivity index (χ4n) is 0.917. The Balaban J connectivity index is 3.99. The first kappa shape index (κ1) is 18.8. The molecule has 0 atom stereocenters. The average molecular weight is 300 g/mol. The van der Waals surface area contributed by atoms with Crippen LogP contribution in [0.1, 0.15) is 34.1 Å². The third-order valence-electron chi connectivity index (χ3n) is 2.01. The molecule has 0 radical (unpaired) electrons. The van der Waals surface area contributed by atoms with Gasteiger partial charge in [0.2, 0.25) is 0 Å². The van der Waals surface area contributed by atoms with E-state index >= 15 is 0 Å². The smallest absolute Gasteiger partial charge is 0.331 e. The maximum Gasteiger partial charge on any atom is 0.331 e. The molecule has 0 rings (SSSR count). The van der Waals surface area contributed by atoms with Crippen molar-refractivity contribution in [2.45, 2.75) is 34.1 Å². The van der Waals surface area contributed by atoms with E-state index in [1.165, 1.54) is 0 Å². The lowest BCUT2D eigenvalue weighted by Crippen LogP contribution is -2.26. The van der Waals surface area contributed by atoms with Crippen LogP contribution < -0.4 is 0 Å². The molecule has 0 bridgehead atoms. The minimum Gasteiger partial charge on any atom is -0.463 e. The van der Waals surface area contributed by atoms with Crippen molar-refractivity contribution in [3.05, 3.63) is 12.2 Å². The molecule has 0 aromatic heterocycles. The van der Waals surface area contributed by atoms with Gasteiger partial charge in [0.1, 0.15) is 6.61 Å². The molecule has 0 aliphatic carbocycles. The standard InChI is InChI=1S/C14H20O7/c1-5-19-10(15)6-7-11(16)20-9-8-12(17)21-13(18)14(2,3)4/h6-7H,5,8-9H2,1-4H3. The Morgan fingerprint density at radius 2 is 1.48 bits per heavy atom. The first-order chi connectivity index (χ1) is 9.66. The Bertz CT molecular complexity index is 429. The lowest BCUT2D eigenvalue weighted by molar-refractivity contribution is -0.166. The third-order valence-corrected chi connectivity index (χ3v) is 2.01. The zero-order valence-electron chi connectivity index (χ0n) is 12.6. The fourth-order valence-corrected chi connectivity index (χ4v) is 0.917. The summed E-state index contributed by atoms with van der Waals surface area (Å²) in [7, 11) is 0. The third kappa shape index (κ3) is 9.37. The second kappa shape index (κ2) is 8.89. The molecular formula is C14H20O7. The van der Waals surface area contributed by atoms with E-state index in [0.29, 0.717) is 0 Å². The fraction of sp³-hybridized carbons (Fsp3) is 0.571. The molecule has 0 aromatic carbocycles. The highest BCUT2D eigenvalue weighted by Crippen LogP contribution is 2.15. The summed E-state index contributed by atoms with van der Waals surface area (Å²) in [5.74, 6) is -2.89. The average Bonchev–Trinajstić information content (AvgIpc) is 2.35. The predicted molar refractivity (Wildman–Crippen MR) is 71.9 cm³/mol. The second-order valence-corrected chi connectivity index (χ2v) is 5.01. The number of ether oxygens (including phenoxy) is 3. The van der Waals surface area contributed by atoms with Gasteiger partial charge in [-0.1, -0.05) is 0 Å². The van der Waals surface area contributed by atoms with Gasteiger partial charge in [0.05, 0.1) is 18.4 Å². The van der Waals surface area contributed by atoms with Crippen molar-refractivity contribution in [1.29, 1.82) is 0 Å². The van der Waals surface area contributed by atoms with Crippen molar-refractivity contribution in [3.63, 3.8) is 0 Å². The first-order valence-corrected chi connectivity index (χ1v) is 6.43. The largest absolute Gasteiger partial charge is 0.463 e. The summed E-state index contributed by atoms with van der Waals surface area (Å²) < 4.78 is 13.8. The van der Waals surface area contributed by atoms with Crippen LogP contribution in [0.25, 0.3) is 0 Å². The summed E-state index contributed by atoms with van der Waals surface area (Å²) >= 11 is 0. The highest BCUT2D eigenvalue weighted by atomic mass is 16.6. The van der Waals surface area contributed by atoms with Crippen molar-refractivity contribution in [2.75, 3.05) is 13.2 Å². The van der Waals surface area contributed by atoms with Gasteiger partial charge in [-0.3, -0.25) is 9.59 Å². The van der Waals surface area contributed by atoms with E-state index in [9.17, 15) is 19.2 Å². The zero-order chi connectivity index (χ0) is 16.5. The Kier molecular flexibility index (Phi) is 7.96. The SMILES string of the molecule is CCOC(=O)C=CC(=O)OCCC(=O)OC(=O)C(C)(C)C. The molecule has 21 heavy (non-hydrogen) atoms. The normalized spacial score (nSPS) is 11.0. The van der Waals surface area contributed by atoms with Gasteiger partial charge in [0.25, 0.3) is 0 Å². The molecule has 0 N–H and O–H groups in total. The van der Waals surface area contributed by atoms with E-state index < -0.39 is 29.3 Å². The molecule has 0 saturated heterocycles. The van der Waals surface area contributed by atoms with Gasteiger partial charge in [-0.25, -0.2) is 9.59 Å². The van der Waals surface area contributed by atoms with E-state index in [1.807, 2.05) is 0 Å². The summed E-state index contributed by atoms with van der Waals surface area (Å²) in [5, 5.41) is 0. The molecule has 0 amide bonds. The van der Waals surface area contributed by atoms with Gasteiger partial charge in [0.15, 0.2) is 0 Å². The molecule has 0 unspecified atom stereocenters. The second-order valence-electron chi connectivity index (χ2n) is 5.01. The predicted octanol–water partition coefficient (Wildman–Crippen LogP) is 1.15. The molecule has 0 saturated carbocycles. The Morgan fingerprint density at radius 3 is 1.95 bits per heavy atom.